The summed E-state index contributed by atoms with van der Waals surface area (Å²) in [4.78, 5) is 1.26. The maximum absolute atomic E-state index is 13.2. The zero-order chi connectivity index (χ0) is 21.0. The Hall–Kier alpha value is -1.74. The maximum Gasteiger partial charge on any atom is 0.264 e. The average Bonchev–Trinajstić information content (AvgIpc) is 3.27. The van der Waals surface area contributed by atoms with Crippen molar-refractivity contribution < 1.29 is 22.6 Å². The van der Waals surface area contributed by atoms with Gasteiger partial charge in [-0.3, -0.25) is 4.31 Å². The molecule has 2 aliphatic rings. The number of ether oxygens (including phenoxy) is 3. The third-order valence-corrected chi connectivity index (χ3v) is 8.03. The van der Waals surface area contributed by atoms with Crippen LogP contribution in [0.3, 0.4) is 0 Å². The van der Waals surface area contributed by atoms with Crippen LogP contribution in [0.5, 0.6) is 5.75 Å². The number of thioether (sulfide) groups is 1. The van der Waals surface area contributed by atoms with Crippen molar-refractivity contribution in [3.8, 4) is 5.75 Å². The quantitative estimate of drug-likeness (QED) is 0.570. The summed E-state index contributed by atoms with van der Waals surface area (Å²) in [5.41, 5.74) is 1.72. The van der Waals surface area contributed by atoms with E-state index < -0.39 is 10.0 Å². The van der Waals surface area contributed by atoms with Gasteiger partial charge in [-0.1, -0.05) is 17.7 Å². The number of hydrogen-bond acceptors (Lipinski definition) is 6. The van der Waals surface area contributed by atoms with E-state index >= 15 is 0 Å². The van der Waals surface area contributed by atoms with Crippen LogP contribution in [0.15, 0.2) is 52.3 Å². The Bertz CT molecular complexity index is 956. The lowest BCUT2D eigenvalue weighted by molar-refractivity contribution is 0.0366. The van der Waals surface area contributed by atoms with Crippen LogP contribution in [0.25, 0.3) is 0 Å². The third kappa shape index (κ3) is 4.94. The van der Waals surface area contributed by atoms with E-state index in [1.54, 1.807) is 23.9 Å². The second-order valence-corrected chi connectivity index (χ2v) is 10.4. The van der Waals surface area contributed by atoms with Crippen molar-refractivity contribution in [3.05, 3.63) is 48.0 Å². The highest BCUT2D eigenvalue weighted by Crippen LogP contribution is 2.40. The molecular formula is C22H27NO5S2. The van der Waals surface area contributed by atoms with Crippen molar-refractivity contribution in [2.75, 3.05) is 43.0 Å². The van der Waals surface area contributed by atoms with Crippen LogP contribution in [0, 0.1) is 6.92 Å². The molecule has 2 aromatic carbocycles. The van der Waals surface area contributed by atoms with Crippen molar-refractivity contribution in [1.82, 2.24) is 0 Å². The van der Waals surface area contributed by atoms with E-state index in [2.05, 4.69) is 0 Å². The van der Waals surface area contributed by atoms with Gasteiger partial charge >= 0.3 is 0 Å². The molecule has 0 spiro atoms. The lowest BCUT2D eigenvalue weighted by Gasteiger charge is -2.30. The van der Waals surface area contributed by atoms with E-state index in [1.807, 2.05) is 37.3 Å². The first-order valence-corrected chi connectivity index (χ1v) is 12.6. The number of rotatable bonds is 8. The van der Waals surface area contributed by atoms with Crippen LogP contribution in [-0.4, -0.2) is 53.2 Å². The molecule has 2 heterocycles. The van der Waals surface area contributed by atoms with Crippen LogP contribution >= 0.6 is 11.8 Å². The summed E-state index contributed by atoms with van der Waals surface area (Å²) in [5, 5.41) is 0. The van der Waals surface area contributed by atoms with Crippen LogP contribution in [0.2, 0.25) is 0 Å². The summed E-state index contributed by atoms with van der Waals surface area (Å²) in [6.45, 7) is 4.98. The molecule has 2 aliphatic heterocycles. The highest BCUT2D eigenvalue weighted by Gasteiger charge is 2.29. The van der Waals surface area contributed by atoms with Crippen LogP contribution in [0.1, 0.15) is 18.4 Å². The van der Waals surface area contributed by atoms with E-state index in [4.69, 9.17) is 14.2 Å². The molecule has 1 fully saturated rings. The topological polar surface area (TPSA) is 65.1 Å². The third-order valence-electron chi connectivity index (χ3n) is 5.16. The molecule has 162 valence electrons. The Morgan fingerprint density at radius 2 is 2.00 bits per heavy atom. The lowest BCUT2D eigenvalue weighted by Crippen LogP contribution is -2.35. The highest BCUT2D eigenvalue weighted by molar-refractivity contribution is 8.00. The van der Waals surface area contributed by atoms with Gasteiger partial charge in [-0.25, -0.2) is 8.42 Å². The first kappa shape index (κ1) is 21.5. The minimum Gasteiger partial charge on any atom is -0.493 e. The van der Waals surface area contributed by atoms with Gasteiger partial charge < -0.3 is 14.2 Å². The molecule has 0 aliphatic carbocycles. The minimum absolute atomic E-state index is 0.200. The second kappa shape index (κ2) is 9.60. The predicted octanol–water partition coefficient (Wildman–Crippen LogP) is 3.87. The lowest BCUT2D eigenvalue weighted by atomic mass is 10.2. The zero-order valence-electron chi connectivity index (χ0n) is 17.1. The van der Waals surface area contributed by atoms with E-state index in [0.29, 0.717) is 42.7 Å². The molecule has 0 amide bonds. The summed E-state index contributed by atoms with van der Waals surface area (Å²) in [6, 6.07) is 12.7. The van der Waals surface area contributed by atoms with Gasteiger partial charge in [0.2, 0.25) is 0 Å². The molecule has 0 saturated carbocycles. The van der Waals surface area contributed by atoms with Gasteiger partial charge in [-0.2, -0.15) is 0 Å². The van der Waals surface area contributed by atoms with E-state index in [-0.39, 0.29) is 6.10 Å². The molecule has 4 rings (SSSR count). The van der Waals surface area contributed by atoms with Gasteiger partial charge in [0.15, 0.2) is 0 Å². The molecule has 2 aromatic rings. The number of nitrogens with zero attached hydrogens (tertiary/aromatic N) is 1. The summed E-state index contributed by atoms with van der Waals surface area (Å²) in [7, 11) is -3.61. The fourth-order valence-electron chi connectivity index (χ4n) is 3.49. The van der Waals surface area contributed by atoms with Crippen molar-refractivity contribution in [1.29, 1.82) is 0 Å². The van der Waals surface area contributed by atoms with Crippen molar-refractivity contribution in [2.24, 2.45) is 0 Å². The number of fused-ring (bicyclic) bond motifs is 1. The zero-order valence-corrected chi connectivity index (χ0v) is 18.7. The molecule has 30 heavy (non-hydrogen) atoms. The highest BCUT2D eigenvalue weighted by atomic mass is 32.2. The summed E-state index contributed by atoms with van der Waals surface area (Å²) < 4.78 is 44.9. The van der Waals surface area contributed by atoms with E-state index in [9.17, 15) is 8.42 Å². The molecular weight excluding hydrogens is 422 g/mol. The maximum atomic E-state index is 13.2. The Morgan fingerprint density at radius 1 is 1.17 bits per heavy atom. The van der Waals surface area contributed by atoms with Crippen LogP contribution in [-0.2, 0) is 19.5 Å². The molecule has 1 atom stereocenters. The summed E-state index contributed by atoms with van der Waals surface area (Å²) in [6.07, 6.45) is 1.92. The molecule has 6 nitrogen and oxygen atoms in total. The standard InChI is InChI=1S/C22H27NO5S2/c1-17-3-6-20(7-4-17)30(24,25)23-10-14-29-22-8-5-18(15-21(22)23)27-11-2-12-28-19-9-13-26-16-19/h3-8,15,19H,2,9-14,16H2,1H3. The first-order valence-electron chi connectivity index (χ1n) is 10.2. The molecule has 1 saturated heterocycles. The van der Waals surface area contributed by atoms with E-state index in [1.165, 1.54) is 4.31 Å². The molecule has 0 N–H and O–H groups in total. The minimum atomic E-state index is -3.61. The predicted molar refractivity (Wildman–Crippen MR) is 118 cm³/mol. The normalized spacial score (nSPS) is 19.0. The average molecular weight is 450 g/mol. The van der Waals surface area contributed by atoms with Gasteiger partial charge in [0.25, 0.3) is 10.0 Å². The Balaban J connectivity index is 1.42. The molecule has 1 unspecified atom stereocenters. The van der Waals surface area contributed by atoms with Gasteiger partial charge in [0.1, 0.15) is 5.75 Å². The summed E-state index contributed by atoms with van der Waals surface area (Å²) in [5.74, 6) is 1.39. The van der Waals surface area contributed by atoms with Crippen molar-refractivity contribution >= 4 is 27.5 Å². The Kier molecular flexibility index (Phi) is 6.87. The Labute approximate surface area is 182 Å². The largest absolute Gasteiger partial charge is 0.493 e. The molecule has 0 bridgehead atoms. The summed E-state index contributed by atoms with van der Waals surface area (Å²) >= 11 is 1.67. The van der Waals surface area contributed by atoms with Crippen molar-refractivity contribution in [3.63, 3.8) is 0 Å². The van der Waals surface area contributed by atoms with Gasteiger partial charge in [0, 0.05) is 36.3 Å². The smallest absolute Gasteiger partial charge is 0.264 e. The fraction of sp³-hybridized carbons (Fsp3) is 0.455. The Morgan fingerprint density at radius 3 is 2.77 bits per heavy atom. The van der Waals surface area contributed by atoms with Gasteiger partial charge in [-0.15, -0.1) is 11.8 Å². The number of hydrogen-bond donors (Lipinski definition) is 0. The molecule has 8 heteroatoms. The van der Waals surface area contributed by atoms with Crippen molar-refractivity contribution in [2.45, 2.75) is 35.7 Å². The number of aryl methyl sites for hydroxylation is 1. The van der Waals surface area contributed by atoms with Crippen LogP contribution < -0.4 is 9.04 Å². The van der Waals surface area contributed by atoms with Gasteiger partial charge in [0.05, 0.1) is 36.5 Å². The number of anilines is 1. The second-order valence-electron chi connectivity index (χ2n) is 7.43. The SMILES string of the molecule is Cc1ccc(S(=O)(=O)N2CCSc3ccc(OCCCOC4CCOC4)cc32)cc1. The number of sulfonamides is 1. The van der Waals surface area contributed by atoms with Gasteiger partial charge in [-0.05, 0) is 37.6 Å². The number of benzene rings is 2. The molecule has 0 radical (unpaired) electrons. The van der Waals surface area contributed by atoms with Crippen LogP contribution in [0.4, 0.5) is 5.69 Å². The van der Waals surface area contributed by atoms with E-state index in [0.717, 1.165) is 35.7 Å². The fourth-order valence-corrected chi connectivity index (χ4v) is 6.12. The first-order chi connectivity index (χ1) is 14.5. The molecule has 0 aromatic heterocycles. The monoisotopic (exact) mass is 449 g/mol.